The van der Waals surface area contributed by atoms with Crippen LogP contribution in [0.1, 0.15) is 37.8 Å². The first-order chi connectivity index (χ1) is 13.7. The molecule has 0 spiro atoms. The second-order valence-electron chi connectivity index (χ2n) is 7.07. The van der Waals surface area contributed by atoms with E-state index < -0.39 is 0 Å². The van der Waals surface area contributed by atoms with Gasteiger partial charge in [0.1, 0.15) is 5.75 Å². The minimum Gasteiger partial charge on any atom is -0.494 e. The van der Waals surface area contributed by atoms with Crippen LogP contribution < -0.4 is 10.1 Å². The Morgan fingerprint density at radius 1 is 1.11 bits per heavy atom. The van der Waals surface area contributed by atoms with Crippen LogP contribution in [0.3, 0.4) is 0 Å². The number of benzene rings is 2. The van der Waals surface area contributed by atoms with Crippen LogP contribution in [0, 0.1) is 0 Å². The molecule has 5 heteroatoms. The van der Waals surface area contributed by atoms with Crippen LogP contribution in [0.5, 0.6) is 5.75 Å². The summed E-state index contributed by atoms with van der Waals surface area (Å²) in [4.78, 5) is 2.21. The number of hydrogen-bond acceptors (Lipinski definition) is 3. The molecule has 1 unspecified atom stereocenters. The largest absolute Gasteiger partial charge is 0.494 e. The molecule has 0 aliphatic carbocycles. The zero-order chi connectivity index (χ0) is 19.8. The number of thiocarbonyl (C=S) groups is 1. The molecule has 1 saturated heterocycles. The number of ether oxygens (including phenoxy) is 2. The van der Waals surface area contributed by atoms with E-state index >= 15 is 0 Å². The molecule has 1 atom stereocenters. The lowest BCUT2D eigenvalue weighted by atomic mass is 10.1. The van der Waals surface area contributed by atoms with Gasteiger partial charge in [-0.05, 0) is 73.8 Å². The number of anilines is 1. The van der Waals surface area contributed by atoms with E-state index in [1.165, 1.54) is 11.1 Å². The van der Waals surface area contributed by atoms with Crippen LogP contribution >= 0.6 is 12.2 Å². The lowest BCUT2D eigenvalue weighted by Gasteiger charge is -2.28. The van der Waals surface area contributed by atoms with Crippen molar-refractivity contribution in [3.63, 3.8) is 0 Å². The van der Waals surface area contributed by atoms with Crippen molar-refractivity contribution in [2.75, 3.05) is 25.1 Å². The van der Waals surface area contributed by atoms with Crippen LogP contribution in [0.2, 0.25) is 0 Å². The quantitative estimate of drug-likeness (QED) is 0.631. The summed E-state index contributed by atoms with van der Waals surface area (Å²) in [5.41, 5.74) is 3.57. The molecule has 2 aromatic carbocycles. The predicted molar refractivity (Wildman–Crippen MR) is 119 cm³/mol. The smallest absolute Gasteiger partial charge is 0.173 e. The fourth-order valence-electron chi connectivity index (χ4n) is 3.36. The molecule has 1 fully saturated rings. The Hall–Kier alpha value is -2.11. The van der Waals surface area contributed by atoms with E-state index in [9.17, 15) is 0 Å². The Bertz CT molecular complexity index is 740. The molecule has 150 valence electrons. The standard InChI is InChI=1S/C23H30N2O2S/c1-3-18-7-9-19(10-8-18)16-25(17-22-6-5-15-27-22)23(28)24-20-11-13-21(14-12-20)26-4-2/h7-14,22H,3-6,15-17H2,1-2H3,(H,24,28). The van der Waals surface area contributed by atoms with Crippen molar-refractivity contribution in [3.05, 3.63) is 59.7 Å². The van der Waals surface area contributed by atoms with Gasteiger partial charge in [0.15, 0.2) is 5.11 Å². The zero-order valence-electron chi connectivity index (χ0n) is 16.8. The minimum absolute atomic E-state index is 0.245. The van der Waals surface area contributed by atoms with E-state index in [1.807, 2.05) is 31.2 Å². The molecule has 1 aliphatic rings. The van der Waals surface area contributed by atoms with Crippen molar-refractivity contribution in [3.8, 4) is 5.75 Å². The van der Waals surface area contributed by atoms with Crippen LogP contribution in [-0.4, -0.2) is 35.9 Å². The van der Waals surface area contributed by atoms with Gasteiger partial charge in [-0.15, -0.1) is 0 Å². The molecule has 3 rings (SSSR count). The van der Waals surface area contributed by atoms with Crippen molar-refractivity contribution < 1.29 is 9.47 Å². The van der Waals surface area contributed by atoms with Gasteiger partial charge >= 0.3 is 0 Å². The highest BCUT2D eigenvalue weighted by Gasteiger charge is 2.21. The summed E-state index contributed by atoms with van der Waals surface area (Å²) >= 11 is 5.75. The Kier molecular flexibility index (Phi) is 7.69. The predicted octanol–water partition coefficient (Wildman–Crippen LogP) is 5.03. The highest BCUT2D eigenvalue weighted by molar-refractivity contribution is 7.80. The third kappa shape index (κ3) is 5.94. The maximum absolute atomic E-state index is 5.86. The van der Waals surface area contributed by atoms with Crippen molar-refractivity contribution in [1.82, 2.24) is 4.90 Å². The van der Waals surface area contributed by atoms with Gasteiger partial charge in [0, 0.05) is 25.4 Å². The van der Waals surface area contributed by atoms with Crippen LogP contribution in [-0.2, 0) is 17.7 Å². The fourth-order valence-corrected chi connectivity index (χ4v) is 3.61. The topological polar surface area (TPSA) is 33.7 Å². The summed E-state index contributed by atoms with van der Waals surface area (Å²) in [6.45, 7) is 7.25. The molecule has 0 bridgehead atoms. The molecule has 28 heavy (non-hydrogen) atoms. The molecule has 1 N–H and O–H groups in total. The molecular weight excluding hydrogens is 368 g/mol. The van der Waals surface area contributed by atoms with Gasteiger partial charge in [0.05, 0.1) is 12.7 Å². The highest BCUT2D eigenvalue weighted by atomic mass is 32.1. The molecular formula is C23H30N2O2S. The van der Waals surface area contributed by atoms with Crippen LogP contribution in [0.25, 0.3) is 0 Å². The normalized spacial score (nSPS) is 16.0. The van der Waals surface area contributed by atoms with Gasteiger partial charge in [-0.1, -0.05) is 31.2 Å². The number of nitrogens with zero attached hydrogens (tertiary/aromatic N) is 1. The number of hydrogen-bond donors (Lipinski definition) is 1. The molecule has 0 saturated carbocycles. The van der Waals surface area contributed by atoms with Crippen LogP contribution in [0.4, 0.5) is 5.69 Å². The average Bonchev–Trinajstić information content (AvgIpc) is 3.23. The summed E-state index contributed by atoms with van der Waals surface area (Å²) in [5, 5.41) is 4.10. The van der Waals surface area contributed by atoms with Crippen molar-refractivity contribution in [1.29, 1.82) is 0 Å². The minimum atomic E-state index is 0.245. The summed E-state index contributed by atoms with van der Waals surface area (Å²) in [6, 6.07) is 16.7. The summed E-state index contributed by atoms with van der Waals surface area (Å²) in [7, 11) is 0. The van der Waals surface area contributed by atoms with E-state index in [1.54, 1.807) is 0 Å². The Labute approximate surface area is 173 Å². The van der Waals surface area contributed by atoms with Gasteiger partial charge in [-0.25, -0.2) is 0 Å². The van der Waals surface area contributed by atoms with Gasteiger partial charge < -0.3 is 19.7 Å². The van der Waals surface area contributed by atoms with Crippen molar-refractivity contribution in [2.45, 2.75) is 45.8 Å². The van der Waals surface area contributed by atoms with Gasteiger partial charge in [0.2, 0.25) is 0 Å². The maximum atomic E-state index is 5.86. The third-order valence-corrected chi connectivity index (χ3v) is 5.32. The fraction of sp³-hybridized carbons (Fsp3) is 0.435. The van der Waals surface area contributed by atoms with Crippen LogP contribution in [0.15, 0.2) is 48.5 Å². The highest BCUT2D eigenvalue weighted by Crippen LogP contribution is 2.19. The molecule has 4 nitrogen and oxygen atoms in total. The molecule has 0 amide bonds. The number of nitrogens with one attached hydrogen (secondary N) is 1. The number of aryl methyl sites for hydroxylation is 1. The Morgan fingerprint density at radius 3 is 2.43 bits per heavy atom. The summed E-state index contributed by atoms with van der Waals surface area (Å²) in [5.74, 6) is 0.867. The Morgan fingerprint density at radius 2 is 1.82 bits per heavy atom. The second-order valence-corrected chi connectivity index (χ2v) is 7.46. The molecule has 0 aromatic heterocycles. The van der Waals surface area contributed by atoms with Crippen molar-refractivity contribution >= 4 is 23.0 Å². The first-order valence-corrected chi connectivity index (χ1v) is 10.6. The molecule has 1 aliphatic heterocycles. The summed E-state index contributed by atoms with van der Waals surface area (Å²) < 4.78 is 11.4. The van der Waals surface area contributed by atoms with E-state index in [0.717, 1.165) is 55.5 Å². The maximum Gasteiger partial charge on any atom is 0.173 e. The van der Waals surface area contributed by atoms with Gasteiger partial charge in [-0.2, -0.15) is 0 Å². The van der Waals surface area contributed by atoms with E-state index in [4.69, 9.17) is 21.7 Å². The number of rotatable bonds is 8. The lowest BCUT2D eigenvalue weighted by Crippen LogP contribution is -2.39. The third-order valence-electron chi connectivity index (χ3n) is 4.96. The first kappa shape index (κ1) is 20.6. The summed E-state index contributed by atoms with van der Waals surface area (Å²) in [6.07, 6.45) is 3.52. The second kappa shape index (κ2) is 10.4. The van der Waals surface area contributed by atoms with E-state index in [2.05, 4.69) is 41.4 Å². The van der Waals surface area contributed by atoms with E-state index in [0.29, 0.717) is 6.61 Å². The zero-order valence-corrected chi connectivity index (χ0v) is 17.6. The Balaban J connectivity index is 1.67. The molecule has 0 radical (unpaired) electrons. The molecule has 1 heterocycles. The first-order valence-electron chi connectivity index (χ1n) is 10.2. The lowest BCUT2D eigenvalue weighted by molar-refractivity contribution is 0.0905. The van der Waals surface area contributed by atoms with Crippen molar-refractivity contribution in [2.24, 2.45) is 0 Å². The monoisotopic (exact) mass is 398 g/mol. The van der Waals surface area contributed by atoms with Gasteiger partial charge in [0.25, 0.3) is 0 Å². The average molecular weight is 399 g/mol. The van der Waals surface area contributed by atoms with E-state index in [-0.39, 0.29) is 6.10 Å². The molecule has 2 aromatic rings. The van der Waals surface area contributed by atoms with Gasteiger partial charge in [-0.3, -0.25) is 0 Å². The SMILES string of the molecule is CCOc1ccc(NC(=S)N(Cc2ccc(CC)cc2)CC2CCCO2)cc1.